The Morgan fingerprint density at radius 1 is 1.12 bits per heavy atom. The summed E-state index contributed by atoms with van der Waals surface area (Å²) in [7, 11) is 1.61. The summed E-state index contributed by atoms with van der Waals surface area (Å²) in [6.45, 7) is 10.5. The van der Waals surface area contributed by atoms with Gasteiger partial charge in [0.1, 0.15) is 24.4 Å². The predicted octanol–water partition coefficient (Wildman–Crippen LogP) is 6.18. The second-order valence-corrected chi connectivity index (χ2v) is 8.74. The van der Waals surface area contributed by atoms with Gasteiger partial charge in [-0.3, -0.25) is 0 Å². The van der Waals surface area contributed by atoms with Crippen molar-refractivity contribution in [1.29, 1.82) is 0 Å². The Labute approximate surface area is 188 Å². The maximum atomic E-state index is 12.9. The number of halogens is 3. The normalized spacial score (nSPS) is 13.0. The van der Waals surface area contributed by atoms with Gasteiger partial charge in [0, 0.05) is 37.5 Å². The SMILES string of the molecule is C/C=C\N=C(CC(F)(F)F)N(C)CCc1ncnc(Nc2ccc(C(C)(C)C)cc2)c1C. The van der Waals surface area contributed by atoms with Crippen molar-refractivity contribution >= 4 is 17.3 Å². The van der Waals surface area contributed by atoms with Crippen LogP contribution in [0.1, 0.15) is 50.9 Å². The first-order chi connectivity index (χ1) is 14.9. The summed E-state index contributed by atoms with van der Waals surface area (Å²) in [5.74, 6) is 0.652. The van der Waals surface area contributed by atoms with E-state index in [1.54, 1.807) is 20.0 Å². The van der Waals surface area contributed by atoms with E-state index in [0.717, 1.165) is 16.9 Å². The van der Waals surface area contributed by atoms with Gasteiger partial charge in [-0.2, -0.15) is 13.2 Å². The molecule has 0 radical (unpaired) electrons. The summed E-state index contributed by atoms with van der Waals surface area (Å²) in [6, 6.07) is 8.19. The summed E-state index contributed by atoms with van der Waals surface area (Å²) in [6.07, 6.45) is -0.480. The van der Waals surface area contributed by atoms with Gasteiger partial charge in [-0.05, 0) is 37.0 Å². The van der Waals surface area contributed by atoms with E-state index in [0.29, 0.717) is 18.8 Å². The standard InChI is InChI=1S/C24H32F3N5/c1-7-13-28-21(15-24(25,26)27)32(6)14-12-20-17(2)22(30-16-29-20)31-19-10-8-18(9-11-19)23(3,4)5/h7-11,13,16H,12,14-15H2,1-6H3,(H,29,30,31)/b13-7-,28-21?. The minimum Gasteiger partial charge on any atom is -0.362 e. The number of alkyl halides is 3. The van der Waals surface area contributed by atoms with E-state index in [4.69, 9.17) is 0 Å². The molecule has 0 saturated heterocycles. The Morgan fingerprint density at radius 2 is 1.78 bits per heavy atom. The molecule has 2 rings (SSSR count). The van der Waals surface area contributed by atoms with Crippen LogP contribution < -0.4 is 5.32 Å². The summed E-state index contributed by atoms with van der Waals surface area (Å²) < 4.78 is 38.7. The number of rotatable bonds is 7. The highest BCUT2D eigenvalue weighted by molar-refractivity contribution is 5.83. The highest BCUT2D eigenvalue weighted by Gasteiger charge is 2.31. The Hall–Kier alpha value is -2.90. The molecule has 174 valence electrons. The van der Waals surface area contributed by atoms with Crippen molar-refractivity contribution in [2.45, 2.75) is 59.1 Å². The average Bonchev–Trinajstić information content (AvgIpc) is 2.70. The van der Waals surface area contributed by atoms with Gasteiger partial charge in [-0.25, -0.2) is 15.0 Å². The van der Waals surface area contributed by atoms with Crippen LogP contribution in [-0.2, 0) is 11.8 Å². The van der Waals surface area contributed by atoms with Gasteiger partial charge in [0.15, 0.2) is 0 Å². The largest absolute Gasteiger partial charge is 0.396 e. The number of benzene rings is 1. The van der Waals surface area contributed by atoms with Crippen molar-refractivity contribution < 1.29 is 13.2 Å². The van der Waals surface area contributed by atoms with E-state index in [1.165, 1.54) is 23.0 Å². The molecule has 1 heterocycles. The molecule has 0 amide bonds. The summed E-state index contributed by atoms with van der Waals surface area (Å²) in [5.41, 5.74) is 3.86. The molecule has 0 bridgehead atoms. The highest BCUT2D eigenvalue weighted by atomic mass is 19.4. The lowest BCUT2D eigenvalue weighted by atomic mass is 9.87. The number of likely N-dealkylation sites (N-methyl/N-ethyl adjacent to an activating group) is 1. The monoisotopic (exact) mass is 447 g/mol. The topological polar surface area (TPSA) is 53.4 Å². The third-order valence-electron chi connectivity index (χ3n) is 5.06. The molecule has 8 heteroatoms. The lowest BCUT2D eigenvalue weighted by molar-refractivity contribution is -0.122. The van der Waals surface area contributed by atoms with E-state index in [9.17, 15) is 13.2 Å². The second kappa shape index (κ2) is 10.6. The number of nitrogens with one attached hydrogen (secondary N) is 1. The third kappa shape index (κ3) is 7.66. The zero-order valence-electron chi connectivity index (χ0n) is 19.6. The fourth-order valence-corrected chi connectivity index (χ4v) is 3.08. The highest BCUT2D eigenvalue weighted by Crippen LogP contribution is 2.26. The zero-order chi connectivity index (χ0) is 23.9. The van der Waals surface area contributed by atoms with Crippen LogP contribution in [0.25, 0.3) is 0 Å². The number of hydrogen-bond acceptors (Lipinski definition) is 4. The molecule has 0 aliphatic rings. The number of hydrogen-bond donors (Lipinski definition) is 1. The van der Waals surface area contributed by atoms with Gasteiger partial charge in [-0.1, -0.05) is 39.0 Å². The van der Waals surface area contributed by atoms with Crippen LogP contribution in [0.3, 0.4) is 0 Å². The first-order valence-corrected chi connectivity index (χ1v) is 10.5. The third-order valence-corrected chi connectivity index (χ3v) is 5.06. The van der Waals surface area contributed by atoms with E-state index in [2.05, 4.69) is 53.2 Å². The lowest BCUT2D eigenvalue weighted by Gasteiger charge is -2.22. The molecule has 32 heavy (non-hydrogen) atoms. The van der Waals surface area contributed by atoms with Crippen LogP contribution in [0.15, 0.2) is 47.9 Å². The minimum absolute atomic E-state index is 0.0282. The van der Waals surface area contributed by atoms with E-state index in [-0.39, 0.29) is 11.3 Å². The first-order valence-electron chi connectivity index (χ1n) is 10.5. The van der Waals surface area contributed by atoms with E-state index >= 15 is 0 Å². The molecular formula is C24H32F3N5. The van der Waals surface area contributed by atoms with Crippen molar-refractivity contribution in [2.24, 2.45) is 4.99 Å². The fraction of sp³-hybridized carbons (Fsp3) is 0.458. The van der Waals surface area contributed by atoms with Crippen molar-refractivity contribution in [3.05, 3.63) is 59.7 Å². The van der Waals surface area contributed by atoms with E-state index in [1.807, 2.05) is 19.1 Å². The number of aromatic nitrogens is 2. The molecule has 5 nitrogen and oxygen atoms in total. The molecule has 0 atom stereocenters. The van der Waals surface area contributed by atoms with Crippen molar-refractivity contribution in [3.8, 4) is 0 Å². The molecule has 0 fully saturated rings. The van der Waals surface area contributed by atoms with Crippen molar-refractivity contribution in [3.63, 3.8) is 0 Å². The average molecular weight is 448 g/mol. The van der Waals surface area contributed by atoms with E-state index < -0.39 is 12.6 Å². The Kier molecular flexibility index (Phi) is 8.41. The Morgan fingerprint density at radius 3 is 2.34 bits per heavy atom. The number of nitrogens with zero attached hydrogens (tertiary/aromatic N) is 4. The van der Waals surface area contributed by atoms with Crippen LogP contribution in [-0.4, -0.2) is 40.5 Å². The van der Waals surface area contributed by atoms with Gasteiger partial charge in [0.05, 0.1) is 5.69 Å². The maximum Gasteiger partial charge on any atom is 0.396 e. The van der Waals surface area contributed by atoms with Crippen LogP contribution >= 0.6 is 0 Å². The van der Waals surface area contributed by atoms with Gasteiger partial charge < -0.3 is 10.2 Å². The first kappa shape index (κ1) is 25.4. The minimum atomic E-state index is -4.32. The molecule has 0 spiro atoms. The maximum absolute atomic E-state index is 12.9. The molecule has 1 aromatic carbocycles. The Balaban J connectivity index is 2.11. The number of allylic oxidation sites excluding steroid dienone is 1. The van der Waals surface area contributed by atoms with Gasteiger partial charge >= 0.3 is 6.18 Å². The van der Waals surface area contributed by atoms with Crippen molar-refractivity contribution in [1.82, 2.24) is 14.9 Å². The van der Waals surface area contributed by atoms with Crippen LogP contribution in [0.5, 0.6) is 0 Å². The summed E-state index contributed by atoms with van der Waals surface area (Å²) in [5, 5.41) is 3.31. The van der Waals surface area contributed by atoms with Gasteiger partial charge in [0.2, 0.25) is 0 Å². The predicted molar refractivity (Wildman–Crippen MR) is 124 cm³/mol. The van der Waals surface area contributed by atoms with Gasteiger partial charge in [-0.15, -0.1) is 0 Å². The number of amidine groups is 1. The molecule has 2 aromatic rings. The smallest absolute Gasteiger partial charge is 0.362 e. The van der Waals surface area contributed by atoms with Crippen LogP contribution in [0.4, 0.5) is 24.7 Å². The summed E-state index contributed by atoms with van der Waals surface area (Å²) in [4.78, 5) is 14.2. The number of aliphatic imine (C=N–C) groups is 1. The fourth-order valence-electron chi connectivity index (χ4n) is 3.08. The molecule has 0 aliphatic heterocycles. The molecule has 1 aromatic heterocycles. The van der Waals surface area contributed by atoms with Crippen molar-refractivity contribution in [2.75, 3.05) is 18.9 Å². The van der Waals surface area contributed by atoms with Gasteiger partial charge in [0.25, 0.3) is 0 Å². The summed E-state index contributed by atoms with van der Waals surface area (Å²) >= 11 is 0. The molecular weight excluding hydrogens is 415 g/mol. The van der Waals surface area contributed by atoms with Crippen LogP contribution in [0.2, 0.25) is 0 Å². The quantitative estimate of drug-likeness (QED) is 0.406. The van der Waals surface area contributed by atoms with Crippen LogP contribution in [0, 0.1) is 6.92 Å². The molecule has 0 saturated carbocycles. The second-order valence-electron chi connectivity index (χ2n) is 8.74. The number of anilines is 2. The Bertz CT molecular complexity index is 942. The lowest BCUT2D eigenvalue weighted by Crippen LogP contribution is -2.32. The molecule has 0 aliphatic carbocycles. The molecule has 1 N–H and O–H groups in total. The zero-order valence-corrected chi connectivity index (χ0v) is 19.6. The molecule has 0 unspecified atom stereocenters.